The lowest BCUT2D eigenvalue weighted by molar-refractivity contribution is -0.220. The van der Waals surface area contributed by atoms with Crippen LogP contribution in [0.25, 0.3) is 0 Å². The predicted octanol–water partition coefficient (Wildman–Crippen LogP) is 9.05. The Morgan fingerprint density at radius 2 is 0.937 bits per heavy atom. The molecule has 358 valence electrons. The SMILES string of the molecule is CC/C=C\C/C=C\C/C=C\C/C=C\C/C=C\C/C=C\CCC(=O)O[C@H](COC(=O)CCCCCCC/C=C\C/C=C\CCCCC)COP(=O)(O)OC1C(O)C(O)C(O)[C@@H](O)C1O. The molecular formula is C49H79O13P. The lowest BCUT2D eigenvalue weighted by Gasteiger charge is -2.41. The van der Waals surface area contributed by atoms with E-state index in [0.717, 1.165) is 77.0 Å². The Balaban J connectivity index is 2.54. The molecule has 0 aromatic heterocycles. The van der Waals surface area contributed by atoms with Gasteiger partial charge in [0.05, 0.1) is 6.61 Å². The van der Waals surface area contributed by atoms with Crippen LogP contribution in [-0.2, 0) is 32.7 Å². The maximum absolute atomic E-state index is 12.8. The van der Waals surface area contributed by atoms with E-state index in [4.69, 9.17) is 18.5 Å². The molecule has 1 saturated carbocycles. The second-order valence-electron chi connectivity index (χ2n) is 15.5. The van der Waals surface area contributed by atoms with Crippen LogP contribution in [0.5, 0.6) is 0 Å². The number of esters is 2. The van der Waals surface area contributed by atoms with Gasteiger partial charge < -0.3 is 39.9 Å². The first-order chi connectivity index (χ1) is 30.4. The summed E-state index contributed by atoms with van der Waals surface area (Å²) in [5.41, 5.74) is 0. The first-order valence-electron chi connectivity index (χ1n) is 23.0. The standard InChI is InChI=1S/C49H79O13P/c1-3-5-7-9-11-13-15-17-19-20-21-22-24-26-28-30-32-34-36-38-43(51)61-41(40-60-63(57,58)62-49-47(55)45(53)44(52)46(54)48(49)56)39-59-42(50)37-35-33-31-29-27-25-23-18-16-14-12-10-8-6-4-2/h5,7,11-14,17-19,21-23,26,28,32,34,41,44-49,52-56H,3-4,6,8-10,15-16,20,24-25,27,29-31,33,35-40H2,1-2H3,(H,57,58)/b7-5-,13-11-,14-12-,19-17-,22-21-,23-18-,28-26-,34-32-/t41-,44?,45-,46?,47?,48?,49?/m1/s1. The molecule has 1 aliphatic rings. The van der Waals surface area contributed by atoms with Crippen molar-refractivity contribution in [2.45, 2.75) is 185 Å². The summed E-state index contributed by atoms with van der Waals surface area (Å²) in [5, 5.41) is 50.1. The molecule has 14 heteroatoms. The summed E-state index contributed by atoms with van der Waals surface area (Å²) < 4.78 is 33.4. The summed E-state index contributed by atoms with van der Waals surface area (Å²) >= 11 is 0. The number of hydrogen-bond donors (Lipinski definition) is 6. The Morgan fingerprint density at radius 3 is 1.44 bits per heavy atom. The summed E-state index contributed by atoms with van der Waals surface area (Å²) in [7, 11) is -5.15. The van der Waals surface area contributed by atoms with Crippen molar-refractivity contribution in [2.75, 3.05) is 13.2 Å². The lowest BCUT2D eigenvalue weighted by Crippen LogP contribution is -2.64. The van der Waals surface area contributed by atoms with Gasteiger partial charge in [0.15, 0.2) is 6.10 Å². The number of hydrogen-bond acceptors (Lipinski definition) is 12. The minimum atomic E-state index is -5.15. The average Bonchev–Trinajstić information content (AvgIpc) is 3.26. The number of ether oxygens (including phenoxy) is 2. The molecule has 1 rings (SSSR count). The molecule has 0 saturated heterocycles. The fourth-order valence-corrected chi connectivity index (χ4v) is 7.20. The van der Waals surface area contributed by atoms with Crippen LogP contribution in [0.15, 0.2) is 97.2 Å². The number of rotatable bonds is 36. The van der Waals surface area contributed by atoms with Crippen molar-refractivity contribution in [3.8, 4) is 0 Å². The van der Waals surface area contributed by atoms with Crippen LogP contribution in [0.4, 0.5) is 0 Å². The maximum atomic E-state index is 12.8. The van der Waals surface area contributed by atoms with Crippen LogP contribution in [0.2, 0.25) is 0 Å². The number of aliphatic hydroxyl groups is 5. The van der Waals surface area contributed by atoms with Gasteiger partial charge in [-0.25, -0.2) is 4.57 Å². The highest BCUT2D eigenvalue weighted by Crippen LogP contribution is 2.47. The molecule has 1 fully saturated rings. The highest BCUT2D eigenvalue weighted by molar-refractivity contribution is 7.47. The summed E-state index contributed by atoms with van der Waals surface area (Å²) in [6.07, 6.45) is 37.6. The first-order valence-corrected chi connectivity index (χ1v) is 24.5. The highest BCUT2D eigenvalue weighted by Gasteiger charge is 2.51. The van der Waals surface area contributed by atoms with Crippen LogP contribution < -0.4 is 0 Å². The summed E-state index contributed by atoms with van der Waals surface area (Å²) in [4.78, 5) is 35.7. The normalized spacial score (nSPS) is 22.6. The number of unbranched alkanes of at least 4 members (excludes halogenated alkanes) is 8. The van der Waals surface area contributed by atoms with Gasteiger partial charge in [-0.1, -0.05) is 143 Å². The van der Waals surface area contributed by atoms with Gasteiger partial charge in [0.1, 0.15) is 43.2 Å². The van der Waals surface area contributed by atoms with Gasteiger partial charge >= 0.3 is 19.8 Å². The van der Waals surface area contributed by atoms with E-state index in [9.17, 15) is 44.6 Å². The van der Waals surface area contributed by atoms with Crippen LogP contribution in [0, 0.1) is 0 Å². The van der Waals surface area contributed by atoms with Crippen molar-refractivity contribution in [1.29, 1.82) is 0 Å². The lowest BCUT2D eigenvalue weighted by atomic mass is 9.85. The van der Waals surface area contributed by atoms with Gasteiger partial charge in [-0.15, -0.1) is 0 Å². The molecule has 8 atom stereocenters. The molecule has 0 aromatic carbocycles. The van der Waals surface area contributed by atoms with Crippen molar-refractivity contribution in [3.63, 3.8) is 0 Å². The van der Waals surface area contributed by atoms with E-state index < -0.39 is 75.7 Å². The molecular weight excluding hydrogens is 828 g/mol. The molecule has 6 N–H and O–H groups in total. The molecule has 0 aromatic rings. The number of carbonyl (C=O) groups is 2. The monoisotopic (exact) mass is 907 g/mol. The molecule has 0 heterocycles. The fourth-order valence-electron chi connectivity index (χ4n) is 6.22. The molecule has 0 radical (unpaired) electrons. The molecule has 1 aliphatic carbocycles. The second-order valence-corrected chi connectivity index (χ2v) is 16.9. The molecule has 0 aliphatic heterocycles. The zero-order chi connectivity index (χ0) is 46.4. The Bertz CT molecular complexity index is 1470. The minimum Gasteiger partial charge on any atom is -0.462 e. The van der Waals surface area contributed by atoms with Gasteiger partial charge in [0.25, 0.3) is 0 Å². The van der Waals surface area contributed by atoms with Gasteiger partial charge in [-0.3, -0.25) is 18.6 Å². The summed E-state index contributed by atoms with van der Waals surface area (Å²) in [6.45, 7) is 3.07. The number of phosphoric acid groups is 1. The van der Waals surface area contributed by atoms with E-state index >= 15 is 0 Å². The first kappa shape index (κ1) is 57.8. The molecule has 0 amide bonds. The Labute approximate surface area is 377 Å². The smallest absolute Gasteiger partial charge is 0.462 e. The number of aliphatic hydroxyl groups excluding tert-OH is 5. The van der Waals surface area contributed by atoms with Crippen molar-refractivity contribution in [2.24, 2.45) is 0 Å². The van der Waals surface area contributed by atoms with Crippen molar-refractivity contribution in [1.82, 2.24) is 0 Å². The van der Waals surface area contributed by atoms with E-state index in [1.807, 2.05) is 18.2 Å². The number of allylic oxidation sites excluding steroid dienone is 16. The third kappa shape index (κ3) is 30.5. The highest BCUT2D eigenvalue weighted by atomic mass is 31.2. The topological polar surface area (TPSA) is 210 Å². The van der Waals surface area contributed by atoms with Gasteiger partial charge in [-0.2, -0.15) is 0 Å². The van der Waals surface area contributed by atoms with E-state index in [0.29, 0.717) is 19.3 Å². The van der Waals surface area contributed by atoms with Crippen LogP contribution in [0.1, 0.15) is 142 Å². The van der Waals surface area contributed by atoms with E-state index in [2.05, 4.69) is 92.8 Å². The molecule has 63 heavy (non-hydrogen) atoms. The summed E-state index contributed by atoms with van der Waals surface area (Å²) in [5.74, 6) is -1.22. The Kier molecular flexibility index (Phi) is 34.9. The summed E-state index contributed by atoms with van der Waals surface area (Å²) in [6, 6.07) is 0. The van der Waals surface area contributed by atoms with E-state index in [-0.39, 0.29) is 12.8 Å². The molecule has 0 bridgehead atoms. The quantitative estimate of drug-likeness (QED) is 0.0150. The average molecular weight is 907 g/mol. The Morgan fingerprint density at radius 1 is 0.508 bits per heavy atom. The molecule has 0 spiro atoms. The maximum Gasteiger partial charge on any atom is 0.472 e. The third-order valence-corrected chi connectivity index (χ3v) is 10.9. The molecule has 6 unspecified atom stereocenters. The van der Waals surface area contributed by atoms with Gasteiger partial charge in [0, 0.05) is 12.8 Å². The number of phosphoric ester groups is 1. The zero-order valence-electron chi connectivity index (χ0n) is 37.8. The van der Waals surface area contributed by atoms with Crippen molar-refractivity contribution in [3.05, 3.63) is 97.2 Å². The predicted molar refractivity (Wildman–Crippen MR) is 248 cm³/mol. The largest absolute Gasteiger partial charge is 0.472 e. The molecule has 13 nitrogen and oxygen atoms in total. The third-order valence-electron chi connectivity index (χ3n) is 9.92. The minimum absolute atomic E-state index is 0.0373. The van der Waals surface area contributed by atoms with Crippen LogP contribution in [0.3, 0.4) is 0 Å². The van der Waals surface area contributed by atoms with E-state index in [1.54, 1.807) is 0 Å². The van der Waals surface area contributed by atoms with Gasteiger partial charge in [-0.05, 0) is 83.5 Å². The van der Waals surface area contributed by atoms with Crippen molar-refractivity contribution < 1.29 is 63.1 Å². The van der Waals surface area contributed by atoms with E-state index in [1.165, 1.54) is 19.3 Å². The van der Waals surface area contributed by atoms with Crippen LogP contribution >= 0.6 is 7.82 Å². The van der Waals surface area contributed by atoms with Crippen LogP contribution in [-0.4, -0.2) is 98.3 Å². The Hall–Kier alpha value is -3.23. The zero-order valence-corrected chi connectivity index (χ0v) is 38.7. The van der Waals surface area contributed by atoms with Crippen molar-refractivity contribution >= 4 is 19.8 Å². The number of carbonyl (C=O) groups excluding carboxylic acids is 2. The fraction of sp³-hybridized carbons (Fsp3) is 0.633. The van der Waals surface area contributed by atoms with Gasteiger partial charge in [0.2, 0.25) is 0 Å². The second kappa shape index (κ2) is 38.1.